The number of aromatic nitrogens is 1. The zero-order valence-electron chi connectivity index (χ0n) is 14.0. The van der Waals surface area contributed by atoms with Gasteiger partial charge in [-0.05, 0) is 38.7 Å². The predicted molar refractivity (Wildman–Crippen MR) is 109 cm³/mol. The molecule has 0 bridgehead atoms. The van der Waals surface area contributed by atoms with E-state index in [2.05, 4.69) is 49.7 Å². The summed E-state index contributed by atoms with van der Waals surface area (Å²) < 4.78 is 0.789. The Labute approximate surface area is 168 Å². The maximum atomic E-state index is 12.5. The number of pyridine rings is 1. The summed E-state index contributed by atoms with van der Waals surface area (Å²) in [6.07, 6.45) is 1.69. The molecule has 1 aromatic heterocycles. The Morgan fingerprint density at radius 1 is 1.24 bits per heavy atom. The highest BCUT2D eigenvalue weighted by Crippen LogP contribution is 2.21. The Hall–Kier alpha value is -1.34. The smallest absolute Gasteiger partial charge is 0.255 e. The number of fused-ring (bicyclic) bond motifs is 1. The molecular formula is C17H21BrCl2N4O. The van der Waals surface area contributed by atoms with E-state index in [-0.39, 0.29) is 30.7 Å². The van der Waals surface area contributed by atoms with Gasteiger partial charge in [-0.3, -0.25) is 4.79 Å². The minimum atomic E-state index is -0.124. The van der Waals surface area contributed by atoms with Crippen molar-refractivity contribution in [3.05, 3.63) is 57.2 Å². The Morgan fingerprint density at radius 2 is 1.96 bits per heavy atom. The number of halogens is 3. The summed E-state index contributed by atoms with van der Waals surface area (Å²) in [6.45, 7) is 2.33. The molecule has 2 N–H and O–H groups in total. The maximum absolute atomic E-state index is 12.5. The van der Waals surface area contributed by atoms with E-state index in [1.165, 1.54) is 11.1 Å². The molecule has 25 heavy (non-hydrogen) atoms. The lowest BCUT2D eigenvalue weighted by atomic mass is 10.1. The first kappa shape index (κ1) is 21.7. The van der Waals surface area contributed by atoms with E-state index in [1.807, 2.05) is 19.0 Å². The molecule has 0 unspecified atom stereocenters. The number of hydrogen-bond donors (Lipinski definition) is 2. The second kappa shape index (κ2) is 9.38. The van der Waals surface area contributed by atoms with Crippen LogP contribution in [0.4, 0.5) is 5.82 Å². The summed E-state index contributed by atoms with van der Waals surface area (Å²) in [6, 6.07) is 8.15. The topological polar surface area (TPSA) is 57.3 Å². The van der Waals surface area contributed by atoms with Gasteiger partial charge in [-0.15, -0.1) is 24.8 Å². The number of nitrogens with one attached hydrogen (secondary N) is 2. The van der Waals surface area contributed by atoms with Gasteiger partial charge in [-0.1, -0.05) is 18.2 Å². The number of amides is 1. The quantitative estimate of drug-likeness (QED) is 0.754. The van der Waals surface area contributed by atoms with Crippen LogP contribution in [-0.2, 0) is 19.6 Å². The normalized spacial score (nSPS) is 11.8. The second-order valence-electron chi connectivity index (χ2n) is 5.81. The SMILES string of the molecule is CN(C)c1ncc(Br)cc1C(=O)NCc1ccc2c(c1)CNC2.Cl.Cl. The van der Waals surface area contributed by atoms with Gasteiger partial charge in [0.05, 0.1) is 5.56 Å². The van der Waals surface area contributed by atoms with Crippen molar-refractivity contribution in [2.45, 2.75) is 19.6 Å². The van der Waals surface area contributed by atoms with Gasteiger partial charge in [0.2, 0.25) is 0 Å². The molecule has 0 spiro atoms. The molecule has 3 rings (SSSR count). The number of nitrogens with zero attached hydrogens (tertiary/aromatic N) is 2. The van der Waals surface area contributed by atoms with Crippen molar-refractivity contribution in [3.8, 4) is 0 Å². The van der Waals surface area contributed by atoms with Crippen molar-refractivity contribution in [2.75, 3.05) is 19.0 Å². The van der Waals surface area contributed by atoms with Crippen molar-refractivity contribution in [2.24, 2.45) is 0 Å². The number of anilines is 1. The van der Waals surface area contributed by atoms with E-state index in [9.17, 15) is 4.79 Å². The van der Waals surface area contributed by atoms with Crippen molar-refractivity contribution in [3.63, 3.8) is 0 Å². The molecule has 8 heteroatoms. The molecule has 1 aromatic carbocycles. The van der Waals surface area contributed by atoms with Crippen molar-refractivity contribution in [1.29, 1.82) is 0 Å². The summed E-state index contributed by atoms with van der Waals surface area (Å²) in [5.41, 5.74) is 4.32. The third-order valence-corrected chi connectivity index (χ3v) is 4.29. The first-order valence-electron chi connectivity index (χ1n) is 7.47. The number of benzene rings is 1. The lowest BCUT2D eigenvalue weighted by Crippen LogP contribution is -2.26. The fourth-order valence-electron chi connectivity index (χ4n) is 2.69. The molecule has 0 atom stereocenters. The standard InChI is InChI=1S/C17H19BrN4O.2ClH/c1-22(2)16-15(6-14(18)10-20-16)17(23)21-7-11-3-4-12-8-19-9-13(12)5-11;;/h3-6,10,19H,7-9H2,1-2H3,(H,21,23);2*1H. The van der Waals surface area contributed by atoms with Crippen LogP contribution in [0, 0.1) is 0 Å². The average Bonchev–Trinajstić information content (AvgIpc) is 2.99. The Balaban J connectivity index is 0.00000156. The van der Waals surface area contributed by atoms with Crippen molar-refractivity contribution >= 4 is 52.5 Å². The lowest BCUT2D eigenvalue weighted by Gasteiger charge is -2.16. The summed E-state index contributed by atoms with van der Waals surface area (Å²) >= 11 is 3.38. The molecule has 2 heterocycles. The van der Waals surface area contributed by atoms with Crippen LogP contribution in [0.25, 0.3) is 0 Å². The molecule has 0 radical (unpaired) electrons. The first-order valence-corrected chi connectivity index (χ1v) is 8.26. The van der Waals surface area contributed by atoms with Crippen LogP contribution in [0.2, 0.25) is 0 Å². The van der Waals surface area contributed by atoms with Gasteiger partial charge in [0.15, 0.2) is 0 Å². The number of carbonyl (C=O) groups excluding carboxylic acids is 1. The zero-order valence-corrected chi connectivity index (χ0v) is 17.2. The second-order valence-corrected chi connectivity index (χ2v) is 6.72. The van der Waals surface area contributed by atoms with E-state index in [0.717, 1.165) is 23.1 Å². The highest BCUT2D eigenvalue weighted by atomic mass is 79.9. The highest BCUT2D eigenvalue weighted by molar-refractivity contribution is 9.10. The van der Waals surface area contributed by atoms with Crippen LogP contribution in [0.15, 0.2) is 34.9 Å². The van der Waals surface area contributed by atoms with Crippen molar-refractivity contribution < 1.29 is 4.79 Å². The first-order chi connectivity index (χ1) is 11.0. The van der Waals surface area contributed by atoms with Crippen LogP contribution in [-0.4, -0.2) is 25.0 Å². The molecule has 0 saturated carbocycles. The lowest BCUT2D eigenvalue weighted by molar-refractivity contribution is 0.0951. The van der Waals surface area contributed by atoms with Gasteiger partial charge in [0, 0.05) is 44.4 Å². The van der Waals surface area contributed by atoms with Crippen molar-refractivity contribution in [1.82, 2.24) is 15.6 Å². The van der Waals surface area contributed by atoms with Gasteiger partial charge < -0.3 is 15.5 Å². The highest BCUT2D eigenvalue weighted by Gasteiger charge is 2.15. The molecule has 0 fully saturated rings. The van der Waals surface area contributed by atoms with E-state index in [1.54, 1.807) is 12.3 Å². The molecular weight excluding hydrogens is 427 g/mol. The fourth-order valence-corrected chi connectivity index (χ4v) is 3.02. The summed E-state index contributed by atoms with van der Waals surface area (Å²) in [7, 11) is 3.75. The number of carbonyl (C=O) groups is 1. The minimum absolute atomic E-state index is 0. The predicted octanol–water partition coefficient (Wildman–Crippen LogP) is 3.29. The van der Waals surface area contributed by atoms with Crippen LogP contribution >= 0.6 is 40.7 Å². The number of hydrogen-bond acceptors (Lipinski definition) is 4. The third kappa shape index (κ3) is 5.07. The van der Waals surface area contributed by atoms with Gasteiger partial charge in [0.1, 0.15) is 5.82 Å². The third-order valence-electron chi connectivity index (χ3n) is 3.86. The maximum Gasteiger partial charge on any atom is 0.255 e. The molecule has 5 nitrogen and oxygen atoms in total. The van der Waals surface area contributed by atoms with Gasteiger partial charge in [-0.25, -0.2) is 4.98 Å². The van der Waals surface area contributed by atoms with Gasteiger partial charge in [0.25, 0.3) is 5.91 Å². The largest absolute Gasteiger partial charge is 0.362 e. The monoisotopic (exact) mass is 446 g/mol. The van der Waals surface area contributed by atoms with E-state index < -0.39 is 0 Å². The minimum Gasteiger partial charge on any atom is -0.362 e. The molecule has 136 valence electrons. The fraction of sp³-hybridized carbons (Fsp3) is 0.294. The zero-order chi connectivity index (χ0) is 16.4. The Morgan fingerprint density at radius 3 is 2.68 bits per heavy atom. The summed E-state index contributed by atoms with van der Waals surface area (Å²) in [5, 5.41) is 6.31. The summed E-state index contributed by atoms with van der Waals surface area (Å²) in [4.78, 5) is 18.7. The van der Waals surface area contributed by atoms with E-state index in [4.69, 9.17) is 0 Å². The van der Waals surface area contributed by atoms with E-state index in [0.29, 0.717) is 17.9 Å². The van der Waals surface area contributed by atoms with E-state index >= 15 is 0 Å². The van der Waals surface area contributed by atoms with Crippen LogP contribution in [0.3, 0.4) is 0 Å². The molecule has 1 aliphatic heterocycles. The van der Waals surface area contributed by atoms with Gasteiger partial charge in [-0.2, -0.15) is 0 Å². The Bertz CT molecular complexity index is 755. The van der Waals surface area contributed by atoms with Crippen LogP contribution in [0.1, 0.15) is 27.0 Å². The summed E-state index contributed by atoms with van der Waals surface area (Å²) in [5.74, 6) is 0.532. The Kier molecular flexibility index (Phi) is 8.15. The van der Waals surface area contributed by atoms with Crippen LogP contribution in [0.5, 0.6) is 0 Å². The molecule has 0 saturated heterocycles. The molecule has 0 aliphatic carbocycles. The number of rotatable bonds is 4. The molecule has 2 aromatic rings. The molecule has 1 amide bonds. The van der Waals surface area contributed by atoms with Gasteiger partial charge >= 0.3 is 0 Å². The molecule has 1 aliphatic rings. The van der Waals surface area contributed by atoms with Crippen LogP contribution < -0.4 is 15.5 Å². The average molecular weight is 448 g/mol.